The number of nitrogens with one attached hydrogen (secondary N) is 1. The average Bonchev–Trinajstić information content (AvgIpc) is 2.56. The van der Waals surface area contributed by atoms with Crippen molar-refractivity contribution in [1.82, 2.24) is 10.2 Å². The average molecular weight is 230 g/mol. The second-order valence-corrected chi connectivity index (χ2v) is 3.17. The molecule has 1 aromatic carbocycles. The second kappa shape index (κ2) is 2.79. The smallest absolute Gasteiger partial charge is 0.158 e. The molecule has 0 fully saturated rings. The zero-order valence-electron chi connectivity index (χ0n) is 8.97. The Hall–Kier alpha value is -1.03. The highest BCUT2D eigenvalue weighted by Gasteiger charge is 2.06. The standard InChI is InChI=1S/C8H7BrN2O/c1-12-8-6(9)3-2-5-4-10-11-7(5)8/h2-4H,1H3,(H,10,11)/i1D3. The number of fused-ring (bicyclic) bond motifs is 1. The lowest BCUT2D eigenvalue weighted by Gasteiger charge is -2.02. The van der Waals surface area contributed by atoms with Gasteiger partial charge in [0, 0.05) is 5.39 Å². The minimum absolute atomic E-state index is 0.255. The Morgan fingerprint density at radius 3 is 3.42 bits per heavy atom. The molecule has 0 saturated carbocycles. The Kier molecular flexibility index (Phi) is 1.13. The number of methoxy groups -OCH3 is 1. The van der Waals surface area contributed by atoms with E-state index in [0.717, 1.165) is 5.39 Å². The summed E-state index contributed by atoms with van der Waals surface area (Å²) in [5.41, 5.74) is 0.570. The Bertz CT molecular complexity index is 494. The van der Waals surface area contributed by atoms with Crippen LogP contribution in [0.4, 0.5) is 0 Å². The molecule has 1 N–H and O–H groups in total. The topological polar surface area (TPSA) is 37.9 Å². The van der Waals surface area contributed by atoms with Crippen molar-refractivity contribution >= 4 is 26.8 Å². The van der Waals surface area contributed by atoms with Gasteiger partial charge in [0.1, 0.15) is 5.52 Å². The Labute approximate surface area is 82.1 Å². The van der Waals surface area contributed by atoms with Crippen LogP contribution in [0.3, 0.4) is 0 Å². The number of rotatable bonds is 1. The molecule has 3 nitrogen and oxygen atoms in total. The minimum atomic E-state index is -2.47. The van der Waals surface area contributed by atoms with Crippen molar-refractivity contribution in [1.29, 1.82) is 0 Å². The third-order valence-corrected chi connectivity index (χ3v) is 2.25. The summed E-state index contributed by atoms with van der Waals surface area (Å²) in [6.45, 7) is 0. The van der Waals surface area contributed by atoms with E-state index in [0.29, 0.717) is 9.99 Å². The molecule has 0 aliphatic carbocycles. The van der Waals surface area contributed by atoms with Gasteiger partial charge in [-0.1, -0.05) is 0 Å². The van der Waals surface area contributed by atoms with Crippen molar-refractivity contribution < 1.29 is 8.85 Å². The number of hydrogen-bond donors (Lipinski definition) is 1. The molecular formula is C8H7BrN2O. The summed E-state index contributed by atoms with van der Waals surface area (Å²) in [6, 6.07) is 3.54. The van der Waals surface area contributed by atoms with Gasteiger partial charge in [0.05, 0.1) is 21.8 Å². The van der Waals surface area contributed by atoms with Gasteiger partial charge in [0.15, 0.2) is 5.75 Å². The van der Waals surface area contributed by atoms with E-state index in [4.69, 9.17) is 8.85 Å². The lowest BCUT2D eigenvalue weighted by molar-refractivity contribution is 0.416. The molecule has 0 amide bonds. The van der Waals surface area contributed by atoms with E-state index in [1.54, 1.807) is 12.3 Å². The van der Waals surface area contributed by atoms with Crippen molar-refractivity contribution in [2.75, 3.05) is 7.04 Å². The van der Waals surface area contributed by atoms with E-state index in [1.807, 2.05) is 6.07 Å². The van der Waals surface area contributed by atoms with E-state index in [9.17, 15) is 0 Å². The van der Waals surface area contributed by atoms with Gasteiger partial charge in [0.25, 0.3) is 0 Å². The first-order valence-electron chi connectivity index (χ1n) is 4.78. The third-order valence-electron chi connectivity index (χ3n) is 1.62. The molecule has 1 aromatic heterocycles. The first-order valence-corrected chi connectivity index (χ1v) is 4.07. The number of halogens is 1. The fraction of sp³-hybridized carbons (Fsp3) is 0.125. The molecule has 1 heterocycles. The van der Waals surface area contributed by atoms with Crippen molar-refractivity contribution in [2.24, 2.45) is 0 Å². The molecule has 4 heteroatoms. The summed E-state index contributed by atoms with van der Waals surface area (Å²) < 4.78 is 26.6. The molecule has 2 aromatic rings. The van der Waals surface area contributed by atoms with Gasteiger partial charge < -0.3 is 4.74 Å². The van der Waals surface area contributed by atoms with Gasteiger partial charge in [-0.15, -0.1) is 0 Å². The van der Waals surface area contributed by atoms with Crippen LogP contribution in [-0.2, 0) is 0 Å². The summed E-state index contributed by atoms with van der Waals surface area (Å²) in [7, 11) is -2.47. The van der Waals surface area contributed by atoms with Crippen LogP contribution in [0.2, 0.25) is 0 Å². The van der Waals surface area contributed by atoms with Crippen molar-refractivity contribution in [3.05, 3.63) is 22.8 Å². The van der Waals surface area contributed by atoms with Crippen LogP contribution in [0.5, 0.6) is 5.75 Å². The van der Waals surface area contributed by atoms with Gasteiger partial charge in [-0.05, 0) is 28.1 Å². The predicted octanol–water partition coefficient (Wildman–Crippen LogP) is 2.33. The largest absolute Gasteiger partial charge is 0.493 e. The van der Waals surface area contributed by atoms with Crippen LogP contribution >= 0.6 is 15.9 Å². The van der Waals surface area contributed by atoms with E-state index >= 15 is 0 Å². The van der Waals surface area contributed by atoms with Crippen molar-refractivity contribution in [3.8, 4) is 5.75 Å². The number of aromatic nitrogens is 2. The fourth-order valence-electron chi connectivity index (χ4n) is 1.06. The number of hydrogen-bond acceptors (Lipinski definition) is 2. The molecule has 0 aliphatic rings. The molecular weight excluding hydrogens is 220 g/mol. The lowest BCUT2D eigenvalue weighted by atomic mass is 10.2. The number of ether oxygens (including phenoxy) is 1. The highest BCUT2D eigenvalue weighted by Crippen LogP contribution is 2.31. The first kappa shape index (κ1) is 4.87. The zero-order chi connectivity index (χ0) is 11.1. The highest BCUT2D eigenvalue weighted by molar-refractivity contribution is 9.10. The van der Waals surface area contributed by atoms with E-state index in [2.05, 4.69) is 26.1 Å². The third kappa shape index (κ3) is 0.992. The molecule has 0 bridgehead atoms. The van der Waals surface area contributed by atoms with Gasteiger partial charge in [-0.25, -0.2) is 0 Å². The Morgan fingerprint density at radius 1 is 1.67 bits per heavy atom. The number of H-pyrrole nitrogens is 1. The summed E-state index contributed by atoms with van der Waals surface area (Å²) in [4.78, 5) is 0. The Morgan fingerprint density at radius 2 is 2.58 bits per heavy atom. The van der Waals surface area contributed by atoms with Gasteiger partial charge in [-0.2, -0.15) is 5.10 Å². The molecule has 0 atom stereocenters. The van der Waals surface area contributed by atoms with E-state index < -0.39 is 7.04 Å². The number of nitrogens with zero attached hydrogens (tertiary/aromatic N) is 1. The Balaban J connectivity index is 2.56. The molecule has 0 saturated heterocycles. The van der Waals surface area contributed by atoms with E-state index in [1.165, 1.54) is 0 Å². The first-order chi connectivity index (χ1) is 6.97. The van der Waals surface area contributed by atoms with Crippen LogP contribution < -0.4 is 4.74 Å². The number of aromatic amines is 1. The summed E-state index contributed by atoms with van der Waals surface area (Å²) in [5.74, 6) is 0.255. The quantitative estimate of drug-likeness (QED) is 0.816. The molecule has 12 heavy (non-hydrogen) atoms. The molecule has 0 unspecified atom stereocenters. The summed E-state index contributed by atoms with van der Waals surface area (Å²) in [6.07, 6.45) is 1.61. The molecule has 0 spiro atoms. The van der Waals surface area contributed by atoms with Crippen LogP contribution in [0.15, 0.2) is 22.8 Å². The molecule has 0 aliphatic heterocycles. The van der Waals surface area contributed by atoms with Gasteiger partial charge in [-0.3, -0.25) is 5.10 Å². The zero-order valence-corrected chi connectivity index (χ0v) is 7.55. The highest BCUT2D eigenvalue weighted by atomic mass is 79.9. The van der Waals surface area contributed by atoms with Crippen molar-refractivity contribution in [3.63, 3.8) is 0 Å². The van der Waals surface area contributed by atoms with Crippen molar-refractivity contribution in [2.45, 2.75) is 0 Å². The van der Waals surface area contributed by atoms with Gasteiger partial charge >= 0.3 is 0 Å². The molecule has 0 radical (unpaired) electrons. The maximum Gasteiger partial charge on any atom is 0.158 e. The maximum atomic E-state index is 7.05. The second-order valence-electron chi connectivity index (χ2n) is 2.31. The summed E-state index contributed by atoms with van der Waals surface area (Å²) >= 11 is 3.23. The minimum Gasteiger partial charge on any atom is -0.493 e. The van der Waals surface area contributed by atoms with E-state index in [-0.39, 0.29) is 5.75 Å². The maximum absolute atomic E-state index is 7.05. The number of benzene rings is 1. The van der Waals surface area contributed by atoms with Crippen LogP contribution in [0.1, 0.15) is 4.11 Å². The van der Waals surface area contributed by atoms with Crippen LogP contribution in [0.25, 0.3) is 10.9 Å². The van der Waals surface area contributed by atoms with Crippen LogP contribution in [0, 0.1) is 0 Å². The van der Waals surface area contributed by atoms with Gasteiger partial charge in [0.2, 0.25) is 0 Å². The molecule has 2 rings (SSSR count). The summed E-state index contributed by atoms with van der Waals surface area (Å²) in [5, 5.41) is 7.32. The molecule has 62 valence electrons. The van der Waals surface area contributed by atoms with Crippen LogP contribution in [-0.4, -0.2) is 17.2 Å². The lowest BCUT2D eigenvalue weighted by Crippen LogP contribution is -1.85. The predicted molar refractivity (Wildman–Crippen MR) is 50.3 cm³/mol. The fourth-order valence-corrected chi connectivity index (χ4v) is 1.47. The SMILES string of the molecule is [2H]C([2H])([2H])Oc1c(Br)ccc2cn[nH]c12. The normalized spacial score (nSPS) is 15.2. The monoisotopic (exact) mass is 229 g/mol.